The van der Waals surface area contributed by atoms with Crippen molar-refractivity contribution in [3.8, 4) is 11.1 Å². The van der Waals surface area contributed by atoms with Gasteiger partial charge in [-0.3, -0.25) is 9.88 Å². The van der Waals surface area contributed by atoms with E-state index in [0.717, 1.165) is 24.8 Å². The molecule has 0 radical (unpaired) electrons. The number of halogens is 1. The predicted octanol–water partition coefficient (Wildman–Crippen LogP) is 3.06. The lowest BCUT2D eigenvalue weighted by atomic mass is 9.89. The molecule has 3 aliphatic rings. The van der Waals surface area contributed by atoms with Gasteiger partial charge in [-0.05, 0) is 67.0 Å². The van der Waals surface area contributed by atoms with E-state index < -0.39 is 21.3 Å². The van der Waals surface area contributed by atoms with Gasteiger partial charge in [0, 0.05) is 37.1 Å². The van der Waals surface area contributed by atoms with Crippen LogP contribution in [0.5, 0.6) is 0 Å². The van der Waals surface area contributed by atoms with Crippen LogP contribution in [0.4, 0.5) is 14.9 Å². The number of carbonyl (C=O) groups is 1. The number of nitrogens with one attached hydrogen (secondary N) is 2. The van der Waals surface area contributed by atoms with E-state index in [-0.39, 0.29) is 5.82 Å². The third-order valence-electron chi connectivity index (χ3n) is 6.72. The van der Waals surface area contributed by atoms with Crippen LogP contribution in [0, 0.1) is 5.82 Å². The van der Waals surface area contributed by atoms with Crippen molar-refractivity contribution in [3.63, 3.8) is 0 Å². The Kier molecular flexibility index (Phi) is 5.18. The van der Waals surface area contributed by atoms with Crippen LogP contribution in [0.1, 0.15) is 36.8 Å². The summed E-state index contributed by atoms with van der Waals surface area (Å²) < 4.78 is 42.2. The number of pyridine rings is 1. The lowest BCUT2D eigenvalue weighted by molar-refractivity contribution is 0.0704. The molecule has 0 atom stereocenters. The number of amides is 2. The van der Waals surface area contributed by atoms with Crippen LogP contribution < -0.4 is 10.0 Å². The Labute approximate surface area is 181 Å². The largest absolute Gasteiger partial charge is 0.332 e. The maximum Gasteiger partial charge on any atom is 0.332 e. The molecule has 2 N–H and O–H groups in total. The number of rotatable bonds is 5. The highest BCUT2D eigenvalue weighted by Gasteiger charge is 2.42. The lowest BCUT2D eigenvalue weighted by Crippen LogP contribution is -2.62. The Morgan fingerprint density at radius 1 is 1.10 bits per heavy atom. The average molecular weight is 445 g/mol. The van der Waals surface area contributed by atoms with Gasteiger partial charge in [0.05, 0.1) is 5.69 Å². The first-order valence-electron chi connectivity index (χ1n) is 10.7. The van der Waals surface area contributed by atoms with Crippen molar-refractivity contribution in [2.45, 2.75) is 49.8 Å². The van der Waals surface area contributed by atoms with Gasteiger partial charge in [-0.2, -0.15) is 0 Å². The molecule has 1 saturated carbocycles. The molecule has 1 aliphatic heterocycles. The van der Waals surface area contributed by atoms with E-state index in [9.17, 15) is 17.6 Å². The Morgan fingerprint density at radius 3 is 2.48 bits per heavy atom. The molecule has 31 heavy (non-hydrogen) atoms. The van der Waals surface area contributed by atoms with E-state index in [1.54, 1.807) is 24.5 Å². The number of aromatic nitrogens is 1. The maximum atomic E-state index is 14.7. The molecule has 5 rings (SSSR count). The second-order valence-corrected chi connectivity index (χ2v) is 10.6. The Hall–Kier alpha value is -2.52. The van der Waals surface area contributed by atoms with Gasteiger partial charge in [0.15, 0.2) is 0 Å². The fraction of sp³-hybridized carbons (Fsp3) is 0.455. The van der Waals surface area contributed by atoms with Gasteiger partial charge in [-0.15, -0.1) is 0 Å². The molecule has 1 saturated heterocycles. The van der Waals surface area contributed by atoms with E-state index in [2.05, 4.69) is 19.9 Å². The van der Waals surface area contributed by atoms with Gasteiger partial charge in [0.2, 0.25) is 10.0 Å². The molecule has 7 nitrogen and oxygen atoms in total. The third-order valence-corrected chi connectivity index (χ3v) is 8.37. The zero-order chi connectivity index (χ0) is 21.6. The summed E-state index contributed by atoms with van der Waals surface area (Å²) in [6, 6.07) is 4.56. The molecule has 0 unspecified atom stereocenters. The molecule has 2 heterocycles. The van der Waals surface area contributed by atoms with Crippen molar-refractivity contribution in [1.82, 2.24) is 14.6 Å². The highest BCUT2D eigenvalue weighted by Crippen LogP contribution is 2.39. The number of urea groups is 1. The van der Waals surface area contributed by atoms with Crippen molar-refractivity contribution in [2.75, 3.05) is 18.4 Å². The normalized spacial score (nSPS) is 19.4. The number of sulfonamides is 1. The van der Waals surface area contributed by atoms with Gasteiger partial charge < -0.3 is 5.32 Å². The summed E-state index contributed by atoms with van der Waals surface area (Å²) >= 11 is 0. The molecule has 9 heteroatoms. The van der Waals surface area contributed by atoms with Crippen LogP contribution in [-0.2, 0) is 22.9 Å². The summed E-state index contributed by atoms with van der Waals surface area (Å²) in [5.41, 5.74) is 3.02. The Balaban J connectivity index is 1.36. The molecule has 164 valence electrons. The van der Waals surface area contributed by atoms with Gasteiger partial charge >= 0.3 is 6.03 Å². The fourth-order valence-electron chi connectivity index (χ4n) is 4.70. The summed E-state index contributed by atoms with van der Waals surface area (Å²) in [6.45, 7) is 0.920. The fourth-order valence-corrected chi connectivity index (χ4v) is 5.95. The van der Waals surface area contributed by atoms with Crippen molar-refractivity contribution < 1.29 is 17.6 Å². The van der Waals surface area contributed by atoms with Crippen molar-refractivity contribution >= 4 is 21.7 Å². The second kappa shape index (κ2) is 7.87. The van der Waals surface area contributed by atoms with Crippen LogP contribution in [-0.4, -0.2) is 48.7 Å². The van der Waals surface area contributed by atoms with Crippen LogP contribution in [0.25, 0.3) is 11.1 Å². The number of anilines is 1. The van der Waals surface area contributed by atoms with Crippen LogP contribution >= 0.6 is 0 Å². The summed E-state index contributed by atoms with van der Waals surface area (Å²) in [7, 11) is -3.78. The topological polar surface area (TPSA) is 91.4 Å². The second-order valence-electron chi connectivity index (χ2n) is 8.59. The third kappa shape index (κ3) is 3.80. The zero-order valence-electron chi connectivity index (χ0n) is 17.1. The average Bonchev–Trinajstić information content (AvgIpc) is 3.15. The maximum absolute atomic E-state index is 14.7. The molecule has 2 aromatic rings. The summed E-state index contributed by atoms with van der Waals surface area (Å²) in [5, 5.41) is 2.14. The molecular formula is C22H25FN4O3S. The van der Waals surface area contributed by atoms with Crippen molar-refractivity contribution in [3.05, 3.63) is 47.5 Å². The van der Waals surface area contributed by atoms with Crippen LogP contribution in [0.3, 0.4) is 0 Å². The minimum absolute atomic E-state index is 0.302. The van der Waals surface area contributed by atoms with E-state index in [1.165, 1.54) is 12.5 Å². The number of hydrogen-bond acceptors (Lipinski definition) is 5. The van der Waals surface area contributed by atoms with Gasteiger partial charge in [-0.1, -0.05) is 6.42 Å². The molecule has 1 aromatic carbocycles. The van der Waals surface area contributed by atoms with E-state index >= 15 is 0 Å². The van der Waals surface area contributed by atoms with Crippen molar-refractivity contribution in [1.29, 1.82) is 0 Å². The molecule has 2 aliphatic carbocycles. The van der Waals surface area contributed by atoms with Gasteiger partial charge in [0.25, 0.3) is 0 Å². The van der Waals surface area contributed by atoms with E-state index in [1.807, 2.05) is 0 Å². The molecule has 0 bridgehead atoms. The standard InChI is InChI=1S/C22H25FN4O3S/c23-20-11-19(14-7-9-24-10-8-14)21(18-6-2-5-17(18)20)25-22(28)26-31(29,30)16-12-27(13-16)15-3-1-4-15/h7-11,15-16H,1-6,12-13H2,(H2,25,26,28). The smallest absolute Gasteiger partial charge is 0.306 e. The van der Waals surface area contributed by atoms with Crippen LogP contribution in [0.2, 0.25) is 0 Å². The molecule has 2 amide bonds. The Bertz CT molecular complexity index is 1110. The van der Waals surface area contributed by atoms with E-state index in [4.69, 9.17) is 0 Å². The first kappa shape index (κ1) is 20.4. The summed E-state index contributed by atoms with van der Waals surface area (Å²) in [4.78, 5) is 18.9. The molecular weight excluding hydrogens is 419 g/mol. The lowest BCUT2D eigenvalue weighted by Gasteiger charge is -2.47. The molecule has 0 spiro atoms. The summed E-state index contributed by atoms with van der Waals surface area (Å²) in [6.07, 6.45) is 8.65. The number of likely N-dealkylation sites (tertiary alicyclic amines) is 1. The van der Waals surface area contributed by atoms with E-state index in [0.29, 0.717) is 54.4 Å². The van der Waals surface area contributed by atoms with Crippen LogP contribution in [0.15, 0.2) is 30.6 Å². The Morgan fingerprint density at radius 2 is 1.81 bits per heavy atom. The minimum Gasteiger partial charge on any atom is -0.306 e. The summed E-state index contributed by atoms with van der Waals surface area (Å²) in [5.74, 6) is -0.302. The van der Waals surface area contributed by atoms with Crippen molar-refractivity contribution in [2.24, 2.45) is 0 Å². The number of carbonyl (C=O) groups excluding carboxylic acids is 1. The quantitative estimate of drug-likeness (QED) is 0.740. The monoisotopic (exact) mass is 444 g/mol. The highest BCUT2D eigenvalue weighted by molar-refractivity contribution is 7.90. The highest BCUT2D eigenvalue weighted by atomic mass is 32.2. The van der Waals surface area contributed by atoms with Gasteiger partial charge in [-0.25, -0.2) is 22.3 Å². The predicted molar refractivity (Wildman–Crippen MR) is 116 cm³/mol. The number of benzene rings is 1. The number of hydrogen-bond donors (Lipinski definition) is 2. The zero-order valence-corrected chi connectivity index (χ0v) is 17.9. The first-order valence-corrected chi connectivity index (χ1v) is 12.3. The molecule has 2 fully saturated rings. The number of nitrogens with zero attached hydrogens (tertiary/aromatic N) is 2. The number of fused-ring (bicyclic) bond motifs is 1. The van der Waals surface area contributed by atoms with Gasteiger partial charge in [0.1, 0.15) is 11.1 Å². The minimum atomic E-state index is -3.78. The molecule has 1 aromatic heterocycles. The first-order chi connectivity index (χ1) is 14.9. The SMILES string of the molecule is O=C(Nc1c(-c2ccncc2)cc(F)c2c1CCC2)NS(=O)(=O)C1CN(C2CCC2)C1.